The Bertz CT molecular complexity index is 257. The Morgan fingerprint density at radius 1 is 0.941 bits per heavy atom. The molecule has 2 aliphatic heterocycles. The van der Waals surface area contributed by atoms with Crippen molar-refractivity contribution in [3.63, 3.8) is 0 Å². The van der Waals surface area contributed by atoms with Crippen LogP contribution in [0.25, 0.3) is 0 Å². The van der Waals surface area contributed by atoms with Crippen molar-refractivity contribution in [1.29, 1.82) is 0 Å². The van der Waals surface area contributed by atoms with E-state index in [4.69, 9.17) is 0 Å². The van der Waals surface area contributed by atoms with Gasteiger partial charge in [-0.3, -0.25) is 4.90 Å². The average molecular weight is 238 g/mol. The van der Waals surface area contributed by atoms with Gasteiger partial charge in [-0.25, -0.2) is 0 Å². The molecule has 0 aromatic heterocycles. The molecule has 0 aromatic carbocycles. The topological polar surface area (TPSA) is 35.5 Å². The van der Waals surface area contributed by atoms with E-state index in [1.807, 2.05) is 0 Å². The summed E-state index contributed by atoms with van der Waals surface area (Å²) in [5.74, 6) is 0.513. The van der Waals surface area contributed by atoms with E-state index in [2.05, 4.69) is 10.2 Å². The first-order valence-electron chi connectivity index (χ1n) is 7.49. The Balaban J connectivity index is 1.58. The quantitative estimate of drug-likeness (QED) is 0.779. The number of rotatable bonds is 3. The normalized spacial score (nSPS) is 42.9. The molecule has 0 bridgehead atoms. The van der Waals surface area contributed by atoms with Crippen molar-refractivity contribution in [2.75, 3.05) is 19.7 Å². The summed E-state index contributed by atoms with van der Waals surface area (Å²) in [7, 11) is 0. The van der Waals surface area contributed by atoms with Gasteiger partial charge in [-0.15, -0.1) is 0 Å². The number of nitrogens with zero attached hydrogens (tertiary/aromatic N) is 1. The van der Waals surface area contributed by atoms with Crippen molar-refractivity contribution in [2.24, 2.45) is 5.92 Å². The van der Waals surface area contributed by atoms with Crippen LogP contribution >= 0.6 is 0 Å². The lowest BCUT2D eigenvalue weighted by Crippen LogP contribution is -2.49. The first-order valence-corrected chi connectivity index (χ1v) is 7.49. The number of hydrogen-bond donors (Lipinski definition) is 2. The van der Waals surface area contributed by atoms with Crippen LogP contribution in [-0.4, -0.2) is 47.8 Å². The molecule has 1 saturated carbocycles. The zero-order chi connectivity index (χ0) is 11.7. The maximum Gasteiger partial charge on any atom is 0.0474 e. The lowest BCUT2D eigenvalue weighted by Gasteiger charge is -2.35. The number of fused-ring (bicyclic) bond motifs is 1. The standard InChI is InChI=1S/C14H26N2O/c17-10-11-4-1-2-5-12(11)15-13-7-9-16-8-3-6-14(13)16/h11-15,17H,1-10H2. The highest BCUT2D eigenvalue weighted by atomic mass is 16.3. The Hall–Kier alpha value is -0.120. The maximum absolute atomic E-state index is 9.47. The summed E-state index contributed by atoms with van der Waals surface area (Å²) in [4.78, 5) is 2.66. The molecule has 98 valence electrons. The minimum atomic E-state index is 0.374. The zero-order valence-corrected chi connectivity index (χ0v) is 10.8. The molecule has 3 nitrogen and oxygen atoms in total. The van der Waals surface area contributed by atoms with Crippen LogP contribution in [0.15, 0.2) is 0 Å². The third-order valence-corrected chi connectivity index (χ3v) is 5.18. The molecular formula is C14H26N2O. The fourth-order valence-corrected chi connectivity index (χ4v) is 4.20. The molecule has 2 heterocycles. The van der Waals surface area contributed by atoms with Crippen LogP contribution < -0.4 is 5.32 Å². The monoisotopic (exact) mass is 238 g/mol. The molecule has 3 fully saturated rings. The zero-order valence-electron chi connectivity index (χ0n) is 10.8. The molecule has 1 aliphatic carbocycles. The van der Waals surface area contributed by atoms with E-state index in [1.165, 1.54) is 58.0 Å². The van der Waals surface area contributed by atoms with Gasteiger partial charge in [0.2, 0.25) is 0 Å². The van der Waals surface area contributed by atoms with Crippen LogP contribution in [0.3, 0.4) is 0 Å². The first-order chi connectivity index (χ1) is 8.38. The van der Waals surface area contributed by atoms with Crippen molar-refractivity contribution in [3.8, 4) is 0 Å². The van der Waals surface area contributed by atoms with Gasteiger partial charge in [0.05, 0.1) is 0 Å². The molecule has 0 aromatic rings. The van der Waals surface area contributed by atoms with Gasteiger partial charge >= 0.3 is 0 Å². The van der Waals surface area contributed by atoms with E-state index in [9.17, 15) is 5.11 Å². The summed E-state index contributed by atoms with van der Waals surface area (Å²) in [6, 6.07) is 2.09. The fraction of sp³-hybridized carbons (Fsp3) is 1.00. The predicted octanol–water partition coefficient (Wildman–Crippen LogP) is 1.36. The predicted molar refractivity (Wildman–Crippen MR) is 69.0 cm³/mol. The summed E-state index contributed by atoms with van der Waals surface area (Å²) in [5.41, 5.74) is 0. The van der Waals surface area contributed by atoms with Gasteiger partial charge < -0.3 is 10.4 Å². The number of aliphatic hydroxyl groups is 1. The second kappa shape index (κ2) is 5.25. The average Bonchev–Trinajstić information content (AvgIpc) is 2.95. The van der Waals surface area contributed by atoms with Gasteiger partial charge in [0.25, 0.3) is 0 Å². The summed E-state index contributed by atoms with van der Waals surface area (Å²) < 4.78 is 0. The largest absolute Gasteiger partial charge is 0.396 e. The summed E-state index contributed by atoms with van der Waals surface area (Å²) >= 11 is 0. The van der Waals surface area contributed by atoms with Crippen LogP contribution in [0.4, 0.5) is 0 Å². The minimum absolute atomic E-state index is 0.374. The van der Waals surface area contributed by atoms with Crippen molar-refractivity contribution < 1.29 is 5.11 Å². The van der Waals surface area contributed by atoms with Crippen LogP contribution in [0.1, 0.15) is 44.9 Å². The Morgan fingerprint density at radius 2 is 1.82 bits per heavy atom. The van der Waals surface area contributed by atoms with Crippen molar-refractivity contribution in [2.45, 2.75) is 63.1 Å². The third-order valence-electron chi connectivity index (χ3n) is 5.18. The van der Waals surface area contributed by atoms with Gasteiger partial charge in [-0.05, 0) is 44.6 Å². The van der Waals surface area contributed by atoms with Crippen molar-refractivity contribution in [1.82, 2.24) is 10.2 Å². The molecule has 0 radical (unpaired) electrons. The molecule has 2 N–H and O–H groups in total. The summed E-state index contributed by atoms with van der Waals surface area (Å²) in [6.07, 6.45) is 9.23. The van der Waals surface area contributed by atoms with E-state index in [-0.39, 0.29) is 0 Å². The number of aliphatic hydroxyl groups excluding tert-OH is 1. The molecule has 3 heteroatoms. The maximum atomic E-state index is 9.47. The highest BCUT2D eigenvalue weighted by molar-refractivity contribution is 4.97. The summed E-state index contributed by atoms with van der Waals surface area (Å²) in [6.45, 7) is 2.98. The smallest absolute Gasteiger partial charge is 0.0474 e. The fourth-order valence-electron chi connectivity index (χ4n) is 4.20. The van der Waals surface area contributed by atoms with Crippen LogP contribution in [0.5, 0.6) is 0 Å². The van der Waals surface area contributed by atoms with Crippen molar-refractivity contribution >= 4 is 0 Å². The van der Waals surface area contributed by atoms with E-state index >= 15 is 0 Å². The molecule has 3 aliphatic rings. The summed E-state index contributed by atoms with van der Waals surface area (Å²) in [5, 5.41) is 13.4. The molecule has 0 amide bonds. The highest BCUT2D eigenvalue weighted by Crippen LogP contribution is 2.31. The minimum Gasteiger partial charge on any atom is -0.396 e. The van der Waals surface area contributed by atoms with Crippen LogP contribution in [0.2, 0.25) is 0 Å². The second-order valence-electron chi connectivity index (χ2n) is 6.14. The SMILES string of the molecule is OCC1CCCCC1NC1CCN2CCCC12. The molecule has 3 rings (SSSR count). The molecule has 0 spiro atoms. The molecule has 17 heavy (non-hydrogen) atoms. The van der Waals surface area contributed by atoms with E-state index in [0.717, 1.165) is 6.04 Å². The van der Waals surface area contributed by atoms with Crippen LogP contribution in [-0.2, 0) is 0 Å². The molecule has 4 unspecified atom stereocenters. The lowest BCUT2D eigenvalue weighted by atomic mass is 9.84. The second-order valence-corrected chi connectivity index (χ2v) is 6.14. The first kappa shape index (κ1) is 11.9. The van der Waals surface area contributed by atoms with Gasteiger partial charge in [-0.2, -0.15) is 0 Å². The van der Waals surface area contributed by atoms with Crippen molar-refractivity contribution in [3.05, 3.63) is 0 Å². The van der Waals surface area contributed by atoms with E-state index in [1.54, 1.807) is 0 Å². The van der Waals surface area contributed by atoms with E-state index in [0.29, 0.717) is 24.6 Å². The number of nitrogens with one attached hydrogen (secondary N) is 1. The lowest BCUT2D eigenvalue weighted by molar-refractivity contribution is 0.141. The molecule has 4 atom stereocenters. The van der Waals surface area contributed by atoms with Gasteiger partial charge in [0.15, 0.2) is 0 Å². The van der Waals surface area contributed by atoms with E-state index < -0.39 is 0 Å². The van der Waals surface area contributed by atoms with Gasteiger partial charge in [0, 0.05) is 31.3 Å². The molecule has 2 saturated heterocycles. The highest BCUT2D eigenvalue weighted by Gasteiger charge is 2.39. The van der Waals surface area contributed by atoms with Gasteiger partial charge in [-0.1, -0.05) is 12.8 Å². The Kier molecular flexibility index (Phi) is 3.69. The Labute approximate surface area is 105 Å². The Morgan fingerprint density at radius 3 is 2.71 bits per heavy atom. The van der Waals surface area contributed by atoms with Crippen LogP contribution in [0, 0.1) is 5.92 Å². The third kappa shape index (κ3) is 2.38. The van der Waals surface area contributed by atoms with Gasteiger partial charge in [0.1, 0.15) is 0 Å². The molecular weight excluding hydrogens is 212 g/mol. The number of hydrogen-bond acceptors (Lipinski definition) is 3.